The number of ether oxygens (including phenoxy) is 4. The van der Waals surface area contributed by atoms with Crippen LogP contribution < -0.4 is 14.2 Å². The monoisotopic (exact) mass is 295 g/mol. The molecule has 0 amide bonds. The van der Waals surface area contributed by atoms with Crippen LogP contribution in [-0.2, 0) is 11.2 Å². The molecule has 1 aromatic rings. The van der Waals surface area contributed by atoms with Gasteiger partial charge in [0.1, 0.15) is 0 Å². The Morgan fingerprint density at radius 2 is 1.62 bits per heavy atom. The van der Waals surface area contributed by atoms with Gasteiger partial charge in [-0.15, -0.1) is 0 Å². The molecule has 0 aliphatic carbocycles. The van der Waals surface area contributed by atoms with Crippen molar-refractivity contribution in [3.63, 3.8) is 0 Å². The van der Waals surface area contributed by atoms with E-state index in [2.05, 4.69) is 4.90 Å². The summed E-state index contributed by atoms with van der Waals surface area (Å²) in [6, 6.07) is 4.06. The number of hydrogen-bond donors (Lipinski definition) is 0. The van der Waals surface area contributed by atoms with Gasteiger partial charge in [-0.05, 0) is 37.1 Å². The topological polar surface area (TPSA) is 40.2 Å². The van der Waals surface area contributed by atoms with Gasteiger partial charge in [-0.2, -0.15) is 0 Å². The highest BCUT2D eigenvalue weighted by atomic mass is 16.5. The molecule has 118 valence electrons. The summed E-state index contributed by atoms with van der Waals surface area (Å²) in [5, 5.41) is 0. The Balaban J connectivity index is 1.95. The Labute approximate surface area is 126 Å². The highest BCUT2D eigenvalue weighted by molar-refractivity contribution is 5.53. The first-order chi connectivity index (χ1) is 10.3. The third kappa shape index (κ3) is 4.25. The minimum atomic E-state index is 0.650. The Kier molecular flexibility index (Phi) is 6.14. The van der Waals surface area contributed by atoms with E-state index in [-0.39, 0.29) is 0 Å². The normalized spacial score (nSPS) is 15.8. The summed E-state index contributed by atoms with van der Waals surface area (Å²) in [6.07, 6.45) is 2.10. The van der Waals surface area contributed by atoms with Crippen molar-refractivity contribution in [1.82, 2.24) is 4.90 Å². The summed E-state index contributed by atoms with van der Waals surface area (Å²) < 4.78 is 21.5. The third-order valence-corrected chi connectivity index (χ3v) is 3.77. The van der Waals surface area contributed by atoms with Crippen molar-refractivity contribution in [3.8, 4) is 17.2 Å². The summed E-state index contributed by atoms with van der Waals surface area (Å²) in [6.45, 7) is 4.87. The molecule has 0 spiro atoms. The van der Waals surface area contributed by atoms with Crippen LogP contribution in [-0.4, -0.2) is 59.1 Å². The van der Waals surface area contributed by atoms with E-state index in [1.807, 2.05) is 12.1 Å². The molecule has 0 atom stereocenters. The second-order valence-corrected chi connectivity index (χ2v) is 5.09. The largest absolute Gasteiger partial charge is 0.493 e. The van der Waals surface area contributed by atoms with E-state index < -0.39 is 0 Å². The molecule has 5 nitrogen and oxygen atoms in total. The molecule has 1 aliphatic rings. The molecule has 21 heavy (non-hydrogen) atoms. The second kappa shape index (κ2) is 8.10. The molecule has 0 radical (unpaired) electrons. The number of methoxy groups -OCH3 is 3. The average Bonchev–Trinajstić information content (AvgIpc) is 2.54. The standard InChI is InChI=1S/C16H25NO4/c1-18-14-11-13(12-15(19-2)16(14)20-3)5-4-6-17-7-9-21-10-8-17/h11-12H,4-10H2,1-3H3. The second-order valence-electron chi connectivity index (χ2n) is 5.09. The van der Waals surface area contributed by atoms with Crippen LogP contribution in [0.5, 0.6) is 17.2 Å². The first kappa shape index (κ1) is 15.9. The van der Waals surface area contributed by atoms with Gasteiger partial charge in [0.25, 0.3) is 0 Å². The minimum Gasteiger partial charge on any atom is -0.493 e. The zero-order valence-electron chi connectivity index (χ0n) is 13.2. The van der Waals surface area contributed by atoms with Gasteiger partial charge in [-0.3, -0.25) is 4.90 Å². The molecular formula is C16H25NO4. The van der Waals surface area contributed by atoms with Crippen LogP contribution >= 0.6 is 0 Å². The van der Waals surface area contributed by atoms with Crippen LogP contribution in [0.2, 0.25) is 0 Å². The molecule has 1 saturated heterocycles. The molecule has 0 bridgehead atoms. The molecule has 2 rings (SSSR count). The maximum Gasteiger partial charge on any atom is 0.203 e. The lowest BCUT2D eigenvalue weighted by Crippen LogP contribution is -2.36. The van der Waals surface area contributed by atoms with Crippen LogP contribution in [0.25, 0.3) is 0 Å². The summed E-state index contributed by atoms with van der Waals surface area (Å²) in [5.74, 6) is 2.09. The average molecular weight is 295 g/mol. The minimum absolute atomic E-state index is 0.650. The van der Waals surface area contributed by atoms with Crippen LogP contribution in [0.3, 0.4) is 0 Å². The van der Waals surface area contributed by atoms with Crippen molar-refractivity contribution in [3.05, 3.63) is 17.7 Å². The van der Waals surface area contributed by atoms with Gasteiger partial charge >= 0.3 is 0 Å². The van der Waals surface area contributed by atoms with Crippen molar-refractivity contribution in [2.75, 3.05) is 54.2 Å². The van der Waals surface area contributed by atoms with Crippen molar-refractivity contribution >= 4 is 0 Å². The molecule has 0 unspecified atom stereocenters. The lowest BCUT2D eigenvalue weighted by Gasteiger charge is -2.26. The molecule has 0 N–H and O–H groups in total. The van der Waals surface area contributed by atoms with Gasteiger partial charge in [0, 0.05) is 13.1 Å². The predicted octanol–water partition coefficient (Wildman–Crippen LogP) is 1.98. The molecule has 0 aromatic heterocycles. The number of aryl methyl sites for hydroxylation is 1. The Bertz CT molecular complexity index is 419. The number of morpholine rings is 1. The fourth-order valence-corrected chi connectivity index (χ4v) is 2.61. The van der Waals surface area contributed by atoms with Gasteiger partial charge in [0.05, 0.1) is 34.5 Å². The third-order valence-electron chi connectivity index (χ3n) is 3.77. The highest BCUT2D eigenvalue weighted by Crippen LogP contribution is 2.38. The molecule has 5 heteroatoms. The fraction of sp³-hybridized carbons (Fsp3) is 0.625. The zero-order valence-corrected chi connectivity index (χ0v) is 13.2. The smallest absolute Gasteiger partial charge is 0.203 e. The lowest BCUT2D eigenvalue weighted by molar-refractivity contribution is 0.0374. The van der Waals surface area contributed by atoms with Gasteiger partial charge in [0.15, 0.2) is 11.5 Å². The first-order valence-corrected chi connectivity index (χ1v) is 7.37. The lowest BCUT2D eigenvalue weighted by atomic mass is 10.1. The maximum absolute atomic E-state index is 5.38. The Morgan fingerprint density at radius 1 is 1.00 bits per heavy atom. The molecule has 1 fully saturated rings. The summed E-state index contributed by atoms with van der Waals surface area (Å²) in [7, 11) is 4.92. The summed E-state index contributed by atoms with van der Waals surface area (Å²) in [4.78, 5) is 2.45. The van der Waals surface area contributed by atoms with Crippen molar-refractivity contribution in [1.29, 1.82) is 0 Å². The number of benzene rings is 1. The van der Waals surface area contributed by atoms with Crippen LogP contribution in [0.1, 0.15) is 12.0 Å². The molecule has 1 aromatic carbocycles. The summed E-state index contributed by atoms with van der Waals surface area (Å²) >= 11 is 0. The van der Waals surface area contributed by atoms with Crippen LogP contribution in [0.15, 0.2) is 12.1 Å². The number of nitrogens with zero attached hydrogens (tertiary/aromatic N) is 1. The van der Waals surface area contributed by atoms with Gasteiger partial charge in [-0.25, -0.2) is 0 Å². The zero-order chi connectivity index (χ0) is 15.1. The van der Waals surface area contributed by atoms with E-state index in [1.54, 1.807) is 21.3 Å². The first-order valence-electron chi connectivity index (χ1n) is 7.37. The van der Waals surface area contributed by atoms with Gasteiger partial charge in [-0.1, -0.05) is 0 Å². The van der Waals surface area contributed by atoms with E-state index in [0.717, 1.165) is 57.2 Å². The molecule has 1 heterocycles. The number of rotatable bonds is 7. The van der Waals surface area contributed by atoms with E-state index in [9.17, 15) is 0 Å². The van der Waals surface area contributed by atoms with E-state index >= 15 is 0 Å². The quantitative estimate of drug-likeness (QED) is 0.769. The fourth-order valence-electron chi connectivity index (χ4n) is 2.61. The van der Waals surface area contributed by atoms with E-state index in [0.29, 0.717) is 5.75 Å². The van der Waals surface area contributed by atoms with Gasteiger partial charge in [0.2, 0.25) is 5.75 Å². The molecule has 1 aliphatic heterocycles. The maximum atomic E-state index is 5.38. The van der Waals surface area contributed by atoms with E-state index in [1.165, 1.54) is 5.56 Å². The van der Waals surface area contributed by atoms with Crippen molar-refractivity contribution in [2.24, 2.45) is 0 Å². The van der Waals surface area contributed by atoms with Crippen LogP contribution in [0, 0.1) is 0 Å². The highest BCUT2D eigenvalue weighted by Gasteiger charge is 2.14. The Morgan fingerprint density at radius 3 is 2.14 bits per heavy atom. The SMILES string of the molecule is COc1cc(CCCN2CCOCC2)cc(OC)c1OC. The van der Waals surface area contributed by atoms with Crippen molar-refractivity contribution < 1.29 is 18.9 Å². The van der Waals surface area contributed by atoms with Gasteiger partial charge < -0.3 is 18.9 Å². The molecular weight excluding hydrogens is 270 g/mol. The van der Waals surface area contributed by atoms with Crippen molar-refractivity contribution in [2.45, 2.75) is 12.8 Å². The van der Waals surface area contributed by atoms with E-state index in [4.69, 9.17) is 18.9 Å². The predicted molar refractivity (Wildman–Crippen MR) is 81.7 cm³/mol. The van der Waals surface area contributed by atoms with Crippen LogP contribution in [0.4, 0.5) is 0 Å². The Hall–Kier alpha value is -1.46. The summed E-state index contributed by atoms with van der Waals surface area (Å²) in [5.41, 5.74) is 1.21. The number of hydrogen-bond acceptors (Lipinski definition) is 5. The molecule has 0 saturated carbocycles.